The van der Waals surface area contributed by atoms with E-state index in [0.29, 0.717) is 12.0 Å². The molecule has 0 aromatic heterocycles. The summed E-state index contributed by atoms with van der Waals surface area (Å²) >= 11 is 0. The molecule has 0 amide bonds. The lowest BCUT2D eigenvalue weighted by atomic mass is 10.2. The van der Waals surface area contributed by atoms with Crippen LogP contribution in [0, 0.1) is 5.92 Å². The predicted molar refractivity (Wildman–Crippen MR) is 56.2 cm³/mol. The van der Waals surface area contributed by atoms with Gasteiger partial charge in [0.1, 0.15) is 0 Å². The van der Waals surface area contributed by atoms with E-state index in [2.05, 4.69) is 18.7 Å². The van der Waals surface area contributed by atoms with E-state index >= 15 is 0 Å². The third-order valence-corrected chi connectivity index (χ3v) is 2.26. The fraction of sp³-hybridized carbons (Fsp3) is 0.727. The summed E-state index contributed by atoms with van der Waals surface area (Å²) in [6.45, 7) is 6.22. The van der Waals surface area contributed by atoms with E-state index in [-0.39, 0.29) is 0 Å². The lowest BCUT2D eigenvalue weighted by Gasteiger charge is -2.22. The standard InChI is InChI=1S/C11H19NO2/c1-9(2)8-12(10-5-6-10)7-3-4-11(13)14/h3-4,9-10H,5-8H2,1-2H3,(H,13,14). The Balaban J connectivity index is 2.31. The topological polar surface area (TPSA) is 40.5 Å². The highest BCUT2D eigenvalue weighted by Crippen LogP contribution is 2.27. The van der Waals surface area contributed by atoms with Crippen molar-refractivity contribution in [2.45, 2.75) is 32.7 Å². The molecule has 3 heteroatoms. The largest absolute Gasteiger partial charge is 0.478 e. The first-order valence-electron chi connectivity index (χ1n) is 5.23. The van der Waals surface area contributed by atoms with Crippen LogP contribution in [0.5, 0.6) is 0 Å². The van der Waals surface area contributed by atoms with Crippen LogP contribution in [0.25, 0.3) is 0 Å². The number of aliphatic carboxylic acids is 1. The third kappa shape index (κ3) is 4.42. The molecule has 1 saturated carbocycles. The van der Waals surface area contributed by atoms with Gasteiger partial charge in [-0.05, 0) is 18.8 Å². The molecule has 0 aliphatic heterocycles. The smallest absolute Gasteiger partial charge is 0.328 e. The van der Waals surface area contributed by atoms with E-state index in [1.54, 1.807) is 6.08 Å². The van der Waals surface area contributed by atoms with Crippen LogP contribution in [0.3, 0.4) is 0 Å². The number of rotatable bonds is 6. The summed E-state index contributed by atoms with van der Waals surface area (Å²) in [5.41, 5.74) is 0. The zero-order chi connectivity index (χ0) is 10.6. The summed E-state index contributed by atoms with van der Waals surface area (Å²) in [6.07, 6.45) is 5.51. The summed E-state index contributed by atoms with van der Waals surface area (Å²) in [5, 5.41) is 8.46. The molecule has 0 atom stereocenters. The fourth-order valence-corrected chi connectivity index (χ4v) is 1.57. The van der Waals surface area contributed by atoms with E-state index in [1.807, 2.05) is 0 Å². The van der Waals surface area contributed by atoms with Gasteiger partial charge in [-0.15, -0.1) is 0 Å². The van der Waals surface area contributed by atoms with E-state index in [1.165, 1.54) is 18.9 Å². The Hall–Kier alpha value is -0.830. The molecule has 1 N–H and O–H groups in total. The average molecular weight is 197 g/mol. The predicted octanol–water partition coefficient (Wildman–Crippen LogP) is 1.75. The van der Waals surface area contributed by atoms with Gasteiger partial charge in [-0.3, -0.25) is 4.90 Å². The molecule has 0 aromatic carbocycles. The molecule has 0 unspecified atom stereocenters. The average Bonchev–Trinajstić information content (AvgIpc) is 2.83. The van der Waals surface area contributed by atoms with Crippen molar-refractivity contribution in [2.75, 3.05) is 13.1 Å². The van der Waals surface area contributed by atoms with Gasteiger partial charge in [0, 0.05) is 25.2 Å². The Labute approximate surface area is 85.4 Å². The Morgan fingerprint density at radius 3 is 2.64 bits per heavy atom. The second-order valence-electron chi connectivity index (χ2n) is 4.32. The minimum Gasteiger partial charge on any atom is -0.478 e. The van der Waals surface area contributed by atoms with E-state index in [0.717, 1.165) is 13.1 Å². The fourth-order valence-electron chi connectivity index (χ4n) is 1.57. The molecule has 80 valence electrons. The molecule has 0 spiro atoms. The number of hydrogen-bond donors (Lipinski definition) is 1. The zero-order valence-corrected chi connectivity index (χ0v) is 8.94. The highest BCUT2D eigenvalue weighted by Gasteiger charge is 2.28. The maximum absolute atomic E-state index is 10.3. The first-order valence-corrected chi connectivity index (χ1v) is 5.23. The van der Waals surface area contributed by atoms with Gasteiger partial charge in [-0.2, -0.15) is 0 Å². The second kappa shape index (κ2) is 5.15. The Morgan fingerprint density at radius 2 is 2.21 bits per heavy atom. The van der Waals surface area contributed by atoms with Crippen molar-refractivity contribution in [3.05, 3.63) is 12.2 Å². The van der Waals surface area contributed by atoms with Gasteiger partial charge in [-0.25, -0.2) is 4.79 Å². The Kier molecular flexibility index (Phi) is 4.14. The van der Waals surface area contributed by atoms with Crippen molar-refractivity contribution >= 4 is 5.97 Å². The number of carboxylic acids is 1. The second-order valence-corrected chi connectivity index (χ2v) is 4.32. The first-order chi connectivity index (χ1) is 6.59. The van der Waals surface area contributed by atoms with Crippen LogP contribution >= 0.6 is 0 Å². The van der Waals surface area contributed by atoms with Crippen LogP contribution in [0.15, 0.2) is 12.2 Å². The number of carboxylic acid groups (broad SMARTS) is 1. The van der Waals surface area contributed by atoms with Crippen molar-refractivity contribution < 1.29 is 9.90 Å². The molecule has 0 radical (unpaired) electrons. The molecule has 0 heterocycles. The molecule has 0 aromatic rings. The van der Waals surface area contributed by atoms with Crippen molar-refractivity contribution in [1.29, 1.82) is 0 Å². The van der Waals surface area contributed by atoms with E-state index in [9.17, 15) is 4.79 Å². The normalized spacial score (nSPS) is 17.1. The SMILES string of the molecule is CC(C)CN(CC=CC(=O)O)C1CC1. The van der Waals surface area contributed by atoms with Crippen LogP contribution in [0.1, 0.15) is 26.7 Å². The molecule has 1 rings (SSSR count). The highest BCUT2D eigenvalue weighted by atomic mass is 16.4. The van der Waals surface area contributed by atoms with Gasteiger partial charge in [0.05, 0.1) is 0 Å². The van der Waals surface area contributed by atoms with Crippen LogP contribution in [-0.4, -0.2) is 35.1 Å². The maximum atomic E-state index is 10.3. The Bertz CT molecular complexity index is 219. The summed E-state index contributed by atoms with van der Waals surface area (Å²) in [7, 11) is 0. The summed E-state index contributed by atoms with van der Waals surface area (Å²) in [6, 6.07) is 0.704. The van der Waals surface area contributed by atoms with Crippen LogP contribution in [0.2, 0.25) is 0 Å². The first kappa shape index (κ1) is 11.2. The van der Waals surface area contributed by atoms with Gasteiger partial charge in [0.25, 0.3) is 0 Å². The van der Waals surface area contributed by atoms with E-state index < -0.39 is 5.97 Å². The van der Waals surface area contributed by atoms with Gasteiger partial charge < -0.3 is 5.11 Å². The Morgan fingerprint density at radius 1 is 1.57 bits per heavy atom. The van der Waals surface area contributed by atoms with Crippen molar-refractivity contribution in [3.63, 3.8) is 0 Å². The number of hydrogen-bond acceptors (Lipinski definition) is 2. The van der Waals surface area contributed by atoms with Crippen molar-refractivity contribution in [1.82, 2.24) is 4.90 Å². The summed E-state index contributed by atoms with van der Waals surface area (Å²) in [4.78, 5) is 12.6. The number of nitrogens with zero attached hydrogens (tertiary/aromatic N) is 1. The minimum absolute atomic E-state index is 0.647. The van der Waals surface area contributed by atoms with E-state index in [4.69, 9.17) is 5.11 Å². The molecule has 0 saturated heterocycles. The molecular formula is C11H19NO2. The van der Waals surface area contributed by atoms with Crippen LogP contribution in [-0.2, 0) is 4.79 Å². The molecule has 14 heavy (non-hydrogen) atoms. The molecule has 1 aliphatic rings. The van der Waals surface area contributed by atoms with Gasteiger partial charge in [0.2, 0.25) is 0 Å². The summed E-state index contributed by atoms with van der Waals surface area (Å²) < 4.78 is 0. The lowest BCUT2D eigenvalue weighted by molar-refractivity contribution is -0.131. The maximum Gasteiger partial charge on any atom is 0.328 e. The summed E-state index contributed by atoms with van der Waals surface area (Å²) in [5.74, 6) is -0.209. The third-order valence-electron chi connectivity index (χ3n) is 2.26. The molecule has 0 bridgehead atoms. The van der Waals surface area contributed by atoms with Crippen molar-refractivity contribution in [3.8, 4) is 0 Å². The lowest BCUT2D eigenvalue weighted by Crippen LogP contribution is -2.30. The highest BCUT2D eigenvalue weighted by molar-refractivity contribution is 5.79. The molecular weight excluding hydrogens is 178 g/mol. The van der Waals surface area contributed by atoms with Gasteiger partial charge in [-0.1, -0.05) is 19.9 Å². The van der Waals surface area contributed by atoms with Gasteiger partial charge in [0.15, 0.2) is 0 Å². The monoisotopic (exact) mass is 197 g/mol. The van der Waals surface area contributed by atoms with Gasteiger partial charge >= 0.3 is 5.97 Å². The van der Waals surface area contributed by atoms with Crippen LogP contribution < -0.4 is 0 Å². The van der Waals surface area contributed by atoms with Crippen LogP contribution in [0.4, 0.5) is 0 Å². The molecule has 3 nitrogen and oxygen atoms in total. The number of carbonyl (C=O) groups is 1. The van der Waals surface area contributed by atoms with Crippen molar-refractivity contribution in [2.24, 2.45) is 5.92 Å². The quantitative estimate of drug-likeness (QED) is 0.659. The molecule has 1 fully saturated rings. The minimum atomic E-state index is -0.856. The zero-order valence-electron chi connectivity index (χ0n) is 8.94. The molecule has 1 aliphatic carbocycles.